The van der Waals surface area contributed by atoms with Crippen LogP contribution >= 0.6 is 11.3 Å². The van der Waals surface area contributed by atoms with Gasteiger partial charge in [0.25, 0.3) is 10.0 Å². The molecule has 0 aliphatic heterocycles. The molecule has 30 heavy (non-hydrogen) atoms. The predicted octanol–water partition coefficient (Wildman–Crippen LogP) is 5.44. The highest BCUT2D eigenvalue weighted by molar-refractivity contribution is 7.92. The number of carbonyl (C=O) groups excluding carboxylic acids is 1. The number of anilines is 1. The van der Waals surface area contributed by atoms with Crippen LogP contribution in [0.2, 0.25) is 0 Å². The highest BCUT2D eigenvalue weighted by Crippen LogP contribution is 2.37. The zero-order valence-corrected chi connectivity index (χ0v) is 18.7. The van der Waals surface area contributed by atoms with Crippen LogP contribution in [0.15, 0.2) is 59.5 Å². The van der Waals surface area contributed by atoms with E-state index in [1.165, 1.54) is 19.2 Å². The van der Waals surface area contributed by atoms with Gasteiger partial charge < -0.3 is 4.74 Å². The van der Waals surface area contributed by atoms with E-state index in [1.54, 1.807) is 6.07 Å². The zero-order valence-electron chi connectivity index (χ0n) is 17.0. The number of hydrogen-bond donors (Lipinski definition) is 1. The molecule has 0 fully saturated rings. The molecule has 0 saturated heterocycles. The summed E-state index contributed by atoms with van der Waals surface area (Å²) >= 11 is 1.10. The third-order valence-corrected chi connectivity index (χ3v) is 7.07. The number of halogens is 1. The molecule has 0 radical (unpaired) electrons. The Kier molecular flexibility index (Phi) is 6.01. The molecule has 0 atom stereocenters. The second kappa shape index (κ2) is 8.20. The largest absolute Gasteiger partial charge is 0.465 e. The third kappa shape index (κ3) is 4.55. The first-order valence-corrected chi connectivity index (χ1v) is 11.4. The molecule has 0 aliphatic rings. The van der Waals surface area contributed by atoms with Crippen molar-refractivity contribution >= 4 is 33.0 Å². The summed E-state index contributed by atoms with van der Waals surface area (Å²) in [6, 6.07) is 14.4. The maximum Gasteiger partial charge on any atom is 0.350 e. The van der Waals surface area contributed by atoms with Crippen LogP contribution in [0.4, 0.5) is 10.1 Å². The van der Waals surface area contributed by atoms with Gasteiger partial charge in [0.05, 0.1) is 12.8 Å². The van der Waals surface area contributed by atoms with Gasteiger partial charge in [-0.2, -0.15) is 0 Å². The number of ether oxygens (including phenoxy) is 1. The summed E-state index contributed by atoms with van der Waals surface area (Å²) < 4.78 is 46.5. The predicted molar refractivity (Wildman–Crippen MR) is 117 cm³/mol. The van der Waals surface area contributed by atoms with Gasteiger partial charge in [0.1, 0.15) is 15.6 Å². The van der Waals surface area contributed by atoms with Crippen LogP contribution < -0.4 is 4.72 Å². The molecule has 0 unspecified atom stereocenters. The van der Waals surface area contributed by atoms with E-state index in [9.17, 15) is 17.6 Å². The van der Waals surface area contributed by atoms with Gasteiger partial charge in [-0.25, -0.2) is 17.6 Å². The number of sulfonamides is 1. The van der Waals surface area contributed by atoms with Crippen molar-refractivity contribution in [3.63, 3.8) is 0 Å². The first-order chi connectivity index (χ1) is 14.0. The molecule has 0 spiro atoms. The Balaban J connectivity index is 2.02. The van der Waals surface area contributed by atoms with Crippen molar-refractivity contribution in [2.75, 3.05) is 11.8 Å². The van der Waals surface area contributed by atoms with Crippen LogP contribution in [-0.4, -0.2) is 21.5 Å². The summed E-state index contributed by atoms with van der Waals surface area (Å²) in [7, 11) is -3.01. The number of rotatable bonds is 5. The molecule has 0 amide bonds. The van der Waals surface area contributed by atoms with Crippen LogP contribution in [0.5, 0.6) is 0 Å². The van der Waals surface area contributed by atoms with E-state index in [0.29, 0.717) is 4.88 Å². The van der Waals surface area contributed by atoms with Crippen LogP contribution in [-0.2, 0) is 20.2 Å². The van der Waals surface area contributed by atoms with E-state index < -0.39 is 26.7 Å². The first-order valence-electron chi connectivity index (χ1n) is 9.13. The minimum Gasteiger partial charge on any atom is -0.465 e. The fraction of sp³-hybridized carbons (Fsp3) is 0.227. The number of thiophene rings is 1. The number of benzene rings is 2. The molecule has 0 bridgehead atoms. The van der Waals surface area contributed by atoms with Crippen molar-refractivity contribution in [3.05, 3.63) is 70.9 Å². The van der Waals surface area contributed by atoms with E-state index in [0.717, 1.165) is 34.6 Å². The standard InChI is InChI=1S/C22H22FNO4S2/c1-22(2,3)15-11-9-14(10-12-15)18-13-17(20(29-18)21(25)28-4)24-30(26,27)19-8-6-5-7-16(19)23/h5-13,24H,1-4H3. The number of esters is 1. The van der Waals surface area contributed by atoms with Gasteiger partial charge in [-0.1, -0.05) is 57.2 Å². The van der Waals surface area contributed by atoms with Crippen molar-refractivity contribution in [1.82, 2.24) is 0 Å². The summed E-state index contributed by atoms with van der Waals surface area (Å²) in [5.74, 6) is -1.55. The second-order valence-corrected chi connectivity index (χ2v) is 10.4. The molecule has 3 rings (SSSR count). The van der Waals surface area contributed by atoms with E-state index in [4.69, 9.17) is 4.74 Å². The van der Waals surface area contributed by atoms with E-state index in [-0.39, 0.29) is 16.0 Å². The van der Waals surface area contributed by atoms with Crippen LogP contribution in [0.1, 0.15) is 36.0 Å². The van der Waals surface area contributed by atoms with Gasteiger partial charge in [-0.05, 0) is 34.7 Å². The topological polar surface area (TPSA) is 72.5 Å². The summed E-state index contributed by atoms with van der Waals surface area (Å²) in [6.45, 7) is 6.33. The Labute approximate surface area is 179 Å². The van der Waals surface area contributed by atoms with Gasteiger partial charge in [-0.15, -0.1) is 11.3 Å². The van der Waals surface area contributed by atoms with Gasteiger partial charge in [-0.3, -0.25) is 4.72 Å². The lowest BCUT2D eigenvalue weighted by atomic mass is 9.86. The Hall–Kier alpha value is -2.71. The summed E-state index contributed by atoms with van der Waals surface area (Å²) in [4.78, 5) is 12.5. The third-order valence-electron chi connectivity index (χ3n) is 4.51. The molecule has 0 saturated carbocycles. The molecule has 3 aromatic rings. The molecule has 8 heteroatoms. The molecule has 158 valence electrons. The van der Waals surface area contributed by atoms with Gasteiger partial charge >= 0.3 is 5.97 Å². The SMILES string of the molecule is COC(=O)c1sc(-c2ccc(C(C)(C)C)cc2)cc1NS(=O)(=O)c1ccccc1F. The molecule has 1 N–H and O–H groups in total. The molecule has 1 heterocycles. The monoisotopic (exact) mass is 447 g/mol. The Morgan fingerprint density at radius 2 is 1.70 bits per heavy atom. The summed E-state index contributed by atoms with van der Waals surface area (Å²) in [6.07, 6.45) is 0. The quantitative estimate of drug-likeness (QED) is 0.529. The fourth-order valence-electron chi connectivity index (χ4n) is 2.85. The zero-order chi connectivity index (χ0) is 22.1. The molecule has 1 aromatic heterocycles. The van der Waals surface area contributed by atoms with E-state index in [2.05, 4.69) is 25.5 Å². The maximum absolute atomic E-state index is 14.0. The fourth-order valence-corrected chi connectivity index (χ4v) is 5.10. The molecular formula is C22H22FNO4S2. The molecule has 2 aromatic carbocycles. The Morgan fingerprint density at radius 1 is 1.07 bits per heavy atom. The van der Waals surface area contributed by atoms with Crippen molar-refractivity contribution in [3.8, 4) is 10.4 Å². The van der Waals surface area contributed by atoms with Gasteiger partial charge in [0.2, 0.25) is 0 Å². The number of methoxy groups -OCH3 is 1. The van der Waals surface area contributed by atoms with E-state index >= 15 is 0 Å². The maximum atomic E-state index is 14.0. The van der Waals surface area contributed by atoms with Crippen molar-refractivity contribution in [1.29, 1.82) is 0 Å². The minimum atomic E-state index is -4.23. The molecule has 0 aliphatic carbocycles. The lowest BCUT2D eigenvalue weighted by molar-refractivity contribution is 0.0607. The average molecular weight is 448 g/mol. The van der Waals surface area contributed by atoms with Crippen molar-refractivity contribution < 1.29 is 22.3 Å². The van der Waals surface area contributed by atoms with E-state index in [1.807, 2.05) is 24.3 Å². The highest BCUT2D eigenvalue weighted by Gasteiger charge is 2.25. The highest BCUT2D eigenvalue weighted by atomic mass is 32.2. The average Bonchev–Trinajstić information content (AvgIpc) is 3.10. The normalized spacial score (nSPS) is 11.9. The number of hydrogen-bond acceptors (Lipinski definition) is 5. The Bertz CT molecular complexity index is 1180. The van der Waals surface area contributed by atoms with Crippen LogP contribution in [0, 0.1) is 5.82 Å². The smallest absolute Gasteiger partial charge is 0.350 e. The second-order valence-electron chi connectivity index (χ2n) is 7.71. The van der Waals surface area contributed by atoms with Crippen LogP contribution in [0.3, 0.4) is 0 Å². The first kappa shape index (κ1) is 22.0. The molecular weight excluding hydrogens is 425 g/mol. The van der Waals surface area contributed by atoms with Gasteiger partial charge in [0.15, 0.2) is 0 Å². The van der Waals surface area contributed by atoms with Crippen LogP contribution in [0.25, 0.3) is 10.4 Å². The number of nitrogens with one attached hydrogen (secondary N) is 1. The summed E-state index contributed by atoms with van der Waals surface area (Å²) in [5.41, 5.74) is 2.02. The molecule has 5 nitrogen and oxygen atoms in total. The minimum absolute atomic E-state index is 0.00823. The van der Waals surface area contributed by atoms with Crippen molar-refractivity contribution in [2.24, 2.45) is 0 Å². The summed E-state index contributed by atoms with van der Waals surface area (Å²) in [5, 5.41) is 0. The lowest BCUT2D eigenvalue weighted by Gasteiger charge is -2.18. The lowest BCUT2D eigenvalue weighted by Crippen LogP contribution is -2.16. The Morgan fingerprint density at radius 3 is 2.27 bits per heavy atom. The number of carbonyl (C=O) groups is 1. The van der Waals surface area contributed by atoms with Gasteiger partial charge in [0, 0.05) is 4.88 Å². The van der Waals surface area contributed by atoms with Crippen molar-refractivity contribution in [2.45, 2.75) is 31.1 Å².